The summed E-state index contributed by atoms with van der Waals surface area (Å²) in [5, 5.41) is 0.668. The molecule has 0 fully saturated rings. The second-order valence-electron chi connectivity index (χ2n) is 4.46. The van der Waals surface area contributed by atoms with E-state index in [2.05, 4.69) is 4.98 Å². The number of rotatable bonds is 2. The summed E-state index contributed by atoms with van der Waals surface area (Å²) in [6, 6.07) is 9.34. The maximum atomic E-state index is 11.1. The quantitative estimate of drug-likeness (QED) is 0.664. The Kier molecular flexibility index (Phi) is 2.84. The molecule has 0 amide bonds. The standard InChI is InChI=1S/C15H11ClN2O/c1-10-5-12(9-19)15-17-14(8-18(15)7-10)11-3-2-4-13(16)6-11/h2-9H,1H3. The Morgan fingerprint density at radius 2 is 2.11 bits per heavy atom. The molecule has 0 bridgehead atoms. The van der Waals surface area contributed by atoms with Gasteiger partial charge in [-0.15, -0.1) is 0 Å². The molecule has 2 aromatic heterocycles. The van der Waals surface area contributed by atoms with Gasteiger partial charge in [0, 0.05) is 23.0 Å². The van der Waals surface area contributed by atoms with Gasteiger partial charge in [0.1, 0.15) is 5.65 Å². The van der Waals surface area contributed by atoms with Gasteiger partial charge in [0.05, 0.1) is 11.3 Å². The number of carbonyl (C=O) groups is 1. The molecule has 1 aromatic carbocycles. The lowest BCUT2D eigenvalue weighted by molar-refractivity contribution is 0.112. The van der Waals surface area contributed by atoms with E-state index in [0.29, 0.717) is 16.2 Å². The molecule has 0 saturated carbocycles. The van der Waals surface area contributed by atoms with Crippen molar-refractivity contribution >= 4 is 23.5 Å². The van der Waals surface area contributed by atoms with Crippen LogP contribution in [0.4, 0.5) is 0 Å². The van der Waals surface area contributed by atoms with E-state index in [1.165, 1.54) is 0 Å². The number of hydrogen-bond donors (Lipinski definition) is 0. The number of aldehydes is 1. The summed E-state index contributed by atoms with van der Waals surface area (Å²) >= 11 is 5.99. The predicted molar refractivity (Wildman–Crippen MR) is 75.8 cm³/mol. The van der Waals surface area contributed by atoms with E-state index in [9.17, 15) is 4.79 Å². The van der Waals surface area contributed by atoms with Crippen LogP contribution in [0.5, 0.6) is 0 Å². The van der Waals surface area contributed by atoms with Gasteiger partial charge in [-0.3, -0.25) is 4.79 Å². The van der Waals surface area contributed by atoms with Gasteiger partial charge in [-0.05, 0) is 30.7 Å². The van der Waals surface area contributed by atoms with Crippen LogP contribution < -0.4 is 0 Å². The normalized spacial score (nSPS) is 10.8. The summed E-state index contributed by atoms with van der Waals surface area (Å²) in [6.45, 7) is 1.95. The van der Waals surface area contributed by atoms with Crippen molar-refractivity contribution in [2.75, 3.05) is 0 Å². The van der Waals surface area contributed by atoms with Crippen LogP contribution in [0.3, 0.4) is 0 Å². The number of pyridine rings is 1. The average Bonchev–Trinajstić information content (AvgIpc) is 2.81. The minimum Gasteiger partial charge on any atom is -0.306 e. The molecule has 4 heteroatoms. The van der Waals surface area contributed by atoms with Crippen LogP contribution in [-0.2, 0) is 0 Å². The van der Waals surface area contributed by atoms with E-state index in [-0.39, 0.29) is 0 Å². The number of hydrogen-bond acceptors (Lipinski definition) is 2. The molecule has 0 radical (unpaired) electrons. The summed E-state index contributed by atoms with van der Waals surface area (Å²) in [6.07, 6.45) is 4.68. The van der Waals surface area contributed by atoms with Crippen LogP contribution in [0.1, 0.15) is 15.9 Å². The molecule has 0 spiro atoms. The number of halogens is 1. The van der Waals surface area contributed by atoms with E-state index >= 15 is 0 Å². The van der Waals surface area contributed by atoms with Gasteiger partial charge >= 0.3 is 0 Å². The minimum absolute atomic E-state index is 0.591. The van der Waals surface area contributed by atoms with Gasteiger partial charge in [0.2, 0.25) is 0 Å². The Balaban J connectivity index is 2.24. The van der Waals surface area contributed by atoms with Gasteiger partial charge in [0.25, 0.3) is 0 Å². The first kappa shape index (κ1) is 11.9. The zero-order valence-corrected chi connectivity index (χ0v) is 11.1. The second kappa shape index (κ2) is 4.52. The molecule has 0 atom stereocenters. The molecule has 3 rings (SSSR count). The van der Waals surface area contributed by atoms with E-state index in [1.807, 2.05) is 54.0 Å². The molecule has 0 aliphatic heterocycles. The third-order valence-corrected chi connectivity index (χ3v) is 3.20. The molecular weight excluding hydrogens is 260 g/mol. The zero-order valence-electron chi connectivity index (χ0n) is 10.3. The van der Waals surface area contributed by atoms with E-state index < -0.39 is 0 Å². The fourth-order valence-corrected chi connectivity index (χ4v) is 2.34. The van der Waals surface area contributed by atoms with Crippen molar-refractivity contribution in [3.63, 3.8) is 0 Å². The van der Waals surface area contributed by atoms with Crippen molar-refractivity contribution in [1.29, 1.82) is 0 Å². The fourth-order valence-electron chi connectivity index (χ4n) is 2.15. The van der Waals surface area contributed by atoms with E-state index in [0.717, 1.165) is 23.1 Å². The van der Waals surface area contributed by atoms with Gasteiger partial charge < -0.3 is 4.40 Å². The van der Waals surface area contributed by atoms with Crippen molar-refractivity contribution in [1.82, 2.24) is 9.38 Å². The second-order valence-corrected chi connectivity index (χ2v) is 4.89. The zero-order chi connectivity index (χ0) is 13.4. The number of imidazole rings is 1. The lowest BCUT2D eigenvalue weighted by atomic mass is 10.2. The highest BCUT2D eigenvalue weighted by atomic mass is 35.5. The molecule has 0 aliphatic rings. The number of nitrogens with zero attached hydrogens (tertiary/aromatic N) is 2. The summed E-state index contributed by atoms with van der Waals surface area (Å²) in [4.78, 5) is 15.6. The Hall–Kier alpha value is -2.13. The number of benzene rings is 1. The Bertz CT molecular complexity index is 777. The molecule has 94 valence electrons. The van der Waals surface area contributed by atoms with Crippen LogP contribution in [0.15, 0.2) is 42.7 Å². The van der Waals surface area contributed by atoms with Crippen LogP contribution in [0.25, 0.3) is 16.9 Å². The Morgan fingerprint density at radius 1 is 1.26 bits per heavy atom. The lowest BCUT2D eigenvalue weighted by Gasteiger charge is -1.98. The molecule has 0 aliphatic carbocycles. The van der Waals surface area contributed by atoms with Crippen LogP contribution in [0.2, 0.25) is 5.02 Å². The molecule has 19 heavy (non-hydrogen) atoms. The average molecular weight is 271 g/mol. The van der Waals surface area contributed by atoms with Crippen LogP contribution in [0, 0.1) is 6.92 Å². The molecule has 0 unspecified atom stereocenters. The maximum absolute atomic E-state index is 11.1. The van der Waals surface area contributed by atoms with Gasteiger partial charge in [-0.25, -0.2) is 4.98 Å². The van der Waals surface area contributed by atoms with Crippen molar-refractivity contribution in [3.05, 3.63) is 58.9 Å². The number of aromatic nitrogens is 2. The lowest BCUT2D eigenvalue weighted by Crippen LogP contribution is -1.91. The van der Waals surface area contributed by atoms with Crippen molar-refractivity contribution in [2.24, 2.45) is 0 Å². The molecule has 0 N–H and O–H groups in total. The van der Waals surface area contributed by atoms with Gasteiger partial charge in [-0.1, -0.05) is 23.7 Å². The highest BCUT2D eigenvalue weighted by Crippen LogP contribution is 2.23. The van der Waals surface area contributed by atoms with Crippen molar-refractivity contribution < 1.29 is 4.79 Å². The number of fused-ring (bicyclic) bond motifs is 1. The molecule has 3 nitrogen and oxygen atoms in total. The number of aryl methyl sites for hydroxylation is 1. The predicted octanol–water partition coefficient (Wildman–Crippen LogP) is 3.78. The summed E-state index contributed by atoms with van der Waals surface area (Å²) in [5.74, 6) is 0. The summed E-state index contributed by atoms with van der Waals surface area (Å²) < 4.78 is 1.87. The van der Waals surface area contributed by atoms with E-state index in [4.69, 9.17) is 11.6 Å². The largest absolute Gasteiger partial charge is 0.306 e. The highest BCUT2D eigenvalue weighted by molar-refractivity contribution is 6.30. The maximum Gasteiger partial charge on any atom is 0.153 e. The monoisotopic (exact) mass is 270 g/mol. The first-order chi connectivity index (χ1) is 9.17. The molecule has 0 saturated heterocycles. The molecule has 2 heterocycles. The minimum atomic E-state index is 0.591. The Labute approximate surface area is 115 Å². The summed E-state index contributed by atoms with van der Waals surface area (Å²) in [7, 11) is 0. The first-order valence-electron chi connectivity index (χ1n) is 5.88. The van der Waals surface area contributed by atoms with Gasteiger partial charge in [-0.2, -0.15) is 0 Å². The van der Waals surface area contributed by atoms with Gasteiger partial charge in [0.15, 0.2) is 6.29 Å². The van der Waals surface area contributed by atoms with Crippen molar-refractivity contribution in [2.45, 2.75) is 6.92 Å². The van der Waals surface area contributed by atoms with Crippen molar-refractivity contribution in [3.8, 4) is 11.3 Å². The molecular formula is C15H11ClN2O. The van der Waals surface area contributed by atoms with E-state index in [1.54, 1.807) is 0 Å². The first-order valence-corrected chi connectivity index (χ1v) is 6.25. The van der Waals surface area contributed by atoms with Crippen LogP contribution in [-0.4, -0.2) is 15.7 Å². The van der Waals surface area contributed by atoms with Crippen LogP contribution >= 0.6 is 11.6 Å². The third-order valence-electron chi connectivity index (χ3n) is 2.96. The third kappa shape index (κ3) is 2.13. The highest BCUT2D eigenvalue weighted by Gasteiger charge is 2.08. The SMILES string of the molecule is Cc1cc(C=O)c2nc(-c3cccc(Cl)c3)cn2c1. The Morgan fingerprint density at radius 3 is 2.84 bits per heavy atom. The fraction of sp³-hybridized carbons (Fsp3) is 0.0667. The smallest absolute Gasteiger partial charge is 0.153 e. The summed E-state index contributed by atoms with van der Waals surface area (Å²) in [5.41, 5.74) is 4.01. The molecule has 3 aromatic rings. The topological polar surface area (TPSA) is 34.4 Å². The number of carbonyl (C=O) groups excluding carboxylic acids is 1.